The van der Waals surface area contributed by atoms with Crippen LogP contribution in [-0.2, 0) is 13.1 Å². The molecule has 1 aliphatic rings. The number of aromatic nitrogens is 5. The van der Waals surface area contributed by atoms with Crippen molar-refractivity contribution < 1.29 is 0 Å². The SMILES string of the molecule is Cc1nc(N2Cc3ccnn3C[C@H]2C)nnc1Cl. The van der Waals surface area contributed by atoms with Crippen molar-refractivity contribution in [1.29, 1.82) is 0 Å². The van der Waals surface area contributed by atoms with Crippen molar-refractivity contribution in [3.05, 3.63) is 28.8 Å². The minimum absolute atomic E-state index is 0.278. The second-order valence-corrected chi connectivity index (χ2v) is 4.83. The number of halogens is 1. The Balaban J connectivity index is 1.95. The van der Waals surface area contributed by atoms with E-state index >= 15 is 0 Å². The van der Waals surface area contributed by atoms with E-state index < -0.39 is 0 Å². The summed E-state index contributed by atoms with van der Waals surface area (Å²) in [5.74, 6) is 0.622. The van der Waals surface area contributed by atoms with Crippen molar-refractivity contribution >= 4 is 17.5 Å². The molecule has 0 saturated carbocycles. The molecule has 0 bridgehead atoms. The highest BCUT2D eigenvalue weighted by Crippen LogP contribution is 2.22. The molecule has 0 unspecified atom stereocenters. The summed E-state index contributed by atoms with van der Waals surface area (Å²) in [5.41, 5.74) is 1.86. The van der Waals surface area contributed by atoms with Gasteiger partial charge in [0.05, 0.1) is 24.5 Å². The van der Waals surface area contributed by atoms with Gasteiger partial charge in [0.1, 0.15) is 0 Å². The highest BCUT2D eigenvalue weighted by molar-refractivity contribution is 6.29. The Morgan fingerprint density at radius 2 is 2.22 bits per heavy atom. The highest BCUT2D eigenvalue weighted by atomic mass is 35.5. The van der Waals surface area contributed by atoms with Crippen LogP contribution in [-0.4, -0.2) is 31.0 Å². The summed E-state index contributed by atoms with van der Waals surface area (Å²) < 4.78 is 2.01. The number of aryl methyl sites for hydroxylation is 1. The molecule has 0 spiro atoms. The molecule has 3 heterocycles. The summed E-state index contributed by atoms with van der Waals surface area (Å²) in [6.45, 7) is 5.52. The Morgan fingerprint density at radius 3 is 3.00 bits per heavy atom. The van der Waals surface area contributed by atoms with Crippen LogP contribution in [0.4, 0.5) is 5.95 Å². The number of hydrogen-bond acceptors (Lipinski definition) is 5. The van der Waals surface area contributed by atoms with E-state index in [9.17, 15) is 0 Å². The van der Waals surface area contributed by atoms with Crippen molar-refractivity contribution in [2.45, 2.75) is 33.0 Å². The van der Waals surface area contributed by atoms with E-state index in [2.05, 4.69) is 32.1 Å². The van der Waals surface area contributed by atoms with Gasteiger partial charge in [0.25, 0.3) is 0 Å². The standard InChI is InChI=1S/C11H13ClN6/c1-7-5-18-9(3-4-13-18)6-17(7)11-14-8(2)10(12)15-16-11/h3-4,7H,5-6H2,1-2H3/t7-/m1/s1. The van der Waals surface area contributed by atoms with Gasteiger partial charge in [-0.25, -0.2) is 4.98 Å². The van der Waals surface area contributed by atoms with Gasteiger partial charge < -0.3 is 4.90 Å². The smallest absolute Gasteiger partial charge is 0.246 e. The fourth-order valence-electron chi connectivity index (χ4n) is 2.11. The maximum atomic E-state index is 5.85. The molecule has 0 fully saturated rings. The maximum Gasteiger partial charge on any atom is 0.246 e. The lowest BCUT2D eigenvalue weighted by Crippen LogP contribution is -2.42. The van der Waals surface area contributed by atoms with Crippen LogP contribution in [0.3, 0.4) is 0 Å². The molecule has 0 aliphatic carbocycles. The normalized spacial score (nSPS) is 18.8. The first-order chi connectivity index (χ1) is 8.65. The zero-order valence-electron chi connectivity index (χ0n) is 10.2. The molecule has 2 aromatic rings. The van der Waals surface area contributed by atoms with Gasteiger partial charge in [-0.1, -0.05) is 11.6 Å². The Kier molecular flexibility index (Phi) is 2.66. The van der Waals surface area contributed by atoms with Crippen LogP contribution in [0.1, 0.15) is 18.3 Å². The van der Waals surface area contributed by atoms with E-state index in [1.165, 1.54) is 0 Å². The van der Waals surface area contributed by atoms with Gasteiger partial charge in [-0.2, -0.15) is 5.10 Å². The lowest BCUT2D eigenvalue weighted by atomic mass is 10.2. The van der Waals surface area contributed by atoms with Gasteiger partial charge >= 0.3 is 0 Å². The Bertz CT molecular complexity index is 581. The average Bonchev–Trinajstić information content (AvgIpc) is 2.79. The predicted octanol–water partition coefficient (Wildman–Crippen LogP) is 1.44. The van der Waals surface area contributed by atoms with E-state index in [0.717, 1.165) is 18.8 Å². The zero-order chi connectivity index (χ0) is 12.7. The van der Waals surface area contributed by atoms with Crippen LogP contribution in [0.2, 0.25) is 5.15 Å². The summed E-state index contributed by atoms with van der Waals surface area (Å²) in [4.78, 5) is 6.51. The van der Waals surface area contributed by atoms with Crippen LogP contribution in [0.25, 0.3) is 0 Å². The first-order valence-electron chi connectivity index (χ1n) is 5.79. The number of anilines is 1. The van der Waals surface area contributed by atoms with Gasteiger partial charge in [0.2, 0.25) is 5.95 Å². The van der Waals surface area contributed by atoms with E-state index in [1.807, 2.05) is 23.9 Å². The third-order valence-electron chi connectivity index (χ3n) is 3.16. The monoisotopic (exact) mass is 264 g/mol. The fraction of sp³-hybridized carbons (Fsp3) is 0.455. The van der Waals surface area contributed by atoms with E-state index in [4.69, 9.17) is 11.6 Å². The summed E-state index contributed by atoms with van der Waals surface area (Å²) >= 11 is 5.85. The highest BCUT2D eigenvalue weighted by Gasteiger charge is 2.25. The molecular weight excluding hydrogens is 252 g/mol. The van der Waals surface area contributed by atoms with Crippen molar-refractivity contribution in [3.63, 3.8) is 0 Å². The van der Waals surface area contributed by atoms with Crippen molar-refractivity contribution in [2.24, 2.45) is 0 Å². The molecule has 0 amide bonds. The van der Waals surface area contributed by atoms with E-state index in [1.54, 1.807) is 0 Å². The minimum Gasteiger partial charge on any atom is -0.329 e. The molecule has 94 valence electrons. The van der Waals surface area contributed by atoms with Crippen LogP contribution in [0.5, 0.6) is 0 Å². The Hall–Kier alpha value is -1.69. The molecule has 1 atom stereocenters. The lowest BCUT2D eigenvalue weighted by Gasteiger charge is -2.33. The lowest BCUT2D eigenvalue weighted by molar-refractivity contribution is 0.432. The molecule has 0 radical (unpaired) electrons. The van der Waals surface area contributed by atoms with Gasteiger partial charge in [0, 0.05) is 12.2 Å². The summed E-state index contributed by atoms with van der Waals surface area (Å²) in [6.07, 6.45) is 1.82. The third kappa shape index (κ3) is 1.82. The average molecular weight is 265 g/mol. The minimum atomic E-state index is 0.278. The fourth-order valence-corrected chi connectivity index (χ4v) is 2.19. The van der Waals surface area contributed by atoms with Gasteiger partial charge in [-0.3, -0.25) is 4.68 Å². The van der Waals surface area contributed by atoms with Gasteiger partial charge in [-0.15, -0.1) is 10.2 Å². The molecule has 2 aromatic heterocycles. The molecule has 0 saturated heterocycles. The topological polar surface area (TPSA) is 59.7 Å². The zero-order valence-corrected chi connectivity index (χ0v) is 11.0. The van der Waals surface area contributed by atoms with E-state index in [-0.39, 0.29) is 6.04 Å². The third-order valence-corrected chi connectivity index (χ3v) is 3.51. The van der Waals surface area contributed by atoms with Crippen molar-refractivity contribution in [2.75, 3.05) is 4.90 Å². The summed E-state index contributed by atoms with van der Waals surface area (Å²) in [5, 5.41) is 12.6. The number of fused-ring (bicyclic) bond motifs is 1. The van der Waals surface area contributed by atoms with Crippen LogP contribution < -0.4 is 4.90 Å². The van der Waals surface area contributed by atoms with E-state index in [0.29, 0.717) is 16.8 Å². The second kappa shape index (κ2) is 4.20. The molecule has 7 heteroatoms. The second-order valence-electron chi connectivity index (χ2n) is 4.47. The molecule has 6 nitrogen and oxygen atoms in total. The molecule has 18 heavy (non-hydrogen) atoms. The molecule has 3 rings (SSSR count). The maximum absolute atomic E-state index is 5.85. The van der Waals surface area contributed by atoms with Crippen molar-refractivity contribution in [3.8, 4) is 0 Å². The Morgan fingerprint density at radius 1 is 1.39 bits per heavy atom. The summed E-state index contributed by atoms with van der Waals surface area (Å²) in [6, 6.07) is 2.29. The largest absolute Gasteiger partial charge is 0.329 e. The number of hydrogen-bond donors (Lipinski definition) is 0. The Labute approximate surface area is 110 Å². The molecule has 0 N–H and O–H groups in total. The van der Waals surface area contributed by atoms with Gasteiger partial charge in [0.15, 0.2) is 5.15 Å². The van der Waals surface area contributed by atoms with Crippen LogP contribution in [0, 0.1) is 6.92 Å². The number of nitrogens with zero attached hydrogens (tertiary/aromatic N) is 6. The van der Waals surface area contributed by atoms with Crippen LogP contribution in [0.15, 0.2) is 12.3 Å². The molecular formula is C11H13ClN6. The molecule has 0 aromatic carbocycles. The quantitative estimate of drug-likeness (QED) is 0.780. The first kappa shape index (κ1) is 11.4. The summed E-state index contributed by atoms with van der Waals surface area (Å²) in [7, 11) is 0. The van der Waals surface area contributed by atoms with Crippen molar-refractivity contribution in [1.82, 2.24) is 25.0 Å². The predicted molar refractivity (Wildman–Crippen MR) is 67.4 cm³/mol. The van der Waals surface area contributed by atoms with Crippen LogP contribution >= 0.6 is 11.6 Å². The number of rotatable bonds is 1. The first-order valence-corrected chi connectivity index (χ1v) is 6.17. The molecule has 1 aliphatic heterocycles. The van der Waals surface area contributed by atoms with Gasteiger partial charge in [-0.05, 0) is 19.9 Å².